The molecule has 6 heteroatoms. The third kappa shape index (κ3) is 9.52. The van der Waals surface area contributed by atoms with Crippen molar-refractivity contribution in [1.29, 1.82) is 0 Å². The predicted molar refractivity (Wildman–Crippen MR) is 101 cm³/mol. The first-order valence-electron chi connectivity index (χ1n) is 7.66. The summed E-state index contributed by atoms with van der Waals surface area (Å²) in [5.74, 6) is 1.70. The van der Waals surface area contributed by atoms with Crippen molar-refractivity contribution in [2.45, 2.75) is 26.7 Å². The van der Waals surface area contributed by atoms with Gasteiger partial charge in [-0.05, 0) is 38.7 Å². The van der Waals surface area contributed by atoms with Crippen molar-refractivity contribution in [3.8, 4) is 0 Å². The first-order chi connectivity index (χ1) is 10.6. The Hall–Kier alpha value is -1.40. The lowest BCUT2D eigenvalue weighted by Gasteiger charge is -2.20. The highest BCUT2D eigenvalue weighted by atomic mass is 32.2. The minimum absolute atomic E-state index is 0.506. The first kappa shape index (κ1) is 20.6. The van der Waals surface area contributed by atoms with E-state index in [0.29, 0.717) is 11.6 Å². The summed E-state index contributed by atoms with van der Waals surface area (Å²) < 4.78 is 0. The minimum atomic E-state index is 0.506. The summed E-state index contributed by atoms with van der Waals surface area (Å²) in [4.78, 5) is 7.01. The lowest BCUT2D eigenvalue weighted by atomic mass is 10.3. The average molecular weight is 326 g/mol. The predicted octanol–water partition coefficient (Wildman–Crippen LogP) is 2.46. The molecule has 0 bridgehead atoms. The zero-order chi connectivity index (χ0) is 16.8. The summed E-state index contributed by atoms with van der Waals surface area (Å²) in [6, 6.07) is 0. The summed E-state index contributed by atoms with van der Waals surface area (Å²) in [5.41, 5.74) is 6.21. The van der Waals surface area contributed by atoms with Crippen LogP contribution in [0.3, 0.4) is 0 Å². The maximum Gasteiger partial charge on any atom is 0.0962 e. The topological polar surface area (TPSA) is 65.7 Å². The van der Waals surface area contributed by atoms with Crippen molar-refractivity contribution in [3.05, 3.63) is 35.3 Å². The standard InChI is InChI=1S/C16H31N5S/c1-6-9-21(10-7-2)11-8-16(19-5)20-13-22-15(12-18-4)14(3)17/h8,12,19-20H,3-4,6-7,9-11,13,17H2,1-2,5H3/b15-12-,16-8+. The van der Waals surface area contributed by atoms with Gasteiger partial charge >= 0.3 is 0 Å². The van der Waals surface area contributed by atoms with Crippen LogP contribution in [0.5, 0.6) is 0 Å². The fourth-order valence-electron chi connectivity index (χ4n) is 1.90. The number of nitrogens with zero attached hydrogens (tertiary/aromatic N) is 2. The third-order valence-electron chi connectivity index (χ3n) is 2.92. The monoisotopic (exact) mass is 325 g/mol. The Kier molecular flexibility index (Phi) is 12.4. The van der Waals surface area contributed by atoms with E-state index in [1.54, 1.807) is 18.0 Å². The van der Waals surface area contributed by atoms with Crippen molar-refractivity contribution in [2.24, 2.45) is 10.7 Å². The van der Waals surface area contributed by atoms with Crippen LogP contribution in [-0.2, 0) is 0 Å². The highest BCUT2D eigenvalue weighted by Gasteiger charge is 2.03. The normalized spacial score (nSPS) is 12.4. The molecule has 4 N–H and O–H groups in total. The van der Waals surface area contributed by atoms with E-state index in [0.717, 1.165) is 30.4 Å². The highest BCUT2D eigenvalue weighted by molar-refractivity contribution is 8.03. The second-order valence-corrected chi connectivity index (χ2v) is 5.85. The quantitative estimate of drug-likeness (QED) is 0.276. The van der Waals surface area contributed by atoms with E-state index in [2.05, 4.69) is 53.7 Å². The van der Waals surface area contributed by atoms with E-state index in [4.69, 9.17) is 5.73 Å². The van der Waals surface area contributed by atoms with Crippen LogP contribution in [0.2, 0.25) is 0 Å². The third-order valence-corrected chi connectivity index (χ3v) is 3.89. The van der Waals surface area contributed by atoms with Gasteiger partial charge in [0.25, 0.3) is 0 Å². The van der Waals surface area contributed by atoms with Crippen LogP contribution in [0.25, 0.3) is 0 Å². The highest BCUT2D eigenvalue weighted by Crippen LogP contribution is 2.18. The molecule has 0 aliphatic heterocycles. The Labute approximate surface area is 139 Å². The second kappa shape index (κ2) is 13.3. The minimum Gasteiger partial charge on any atom is -0.398 e. The molecule has 0 aliphatic carbocycles. The van der Waals surface area contributed by atoms with Gasteiger partial charge in [0.15, 0.2) is 0 Å². The van der Waals surface area contributed by atoms with E-state index in [-0.39, 0.29) is 0 Å². The maximum absolute atomic E-state index is 5.70. The lowest BCUT2D eigenvalue weighted by molar-refractivity contribution is 0.302. The molecule has 22 heavy (non-hydrogen) atoms. The smallest absolute Gasteiger partial charge is 0.0962 e. The Morgan fingerprint density at radius 2 is 1.95 bits per heavy atom. The molecule has 0 rings (SSSR count). The van der Waals surface area contributed by atoms with Gasteiger partial charge in [-0.25, -0.2) is 0 Å². The molecule has 0 atom stereocenters. The van der Waals surface area contributed by atoms with Crippen molar-refractivity contribution in [3.63, 3.8) is 0 Å². The van der Waals surface area contributed by atoms with Crippen LogP contribution < -0.4 is 16.4 Å². The van der Waals surface area contributed by atoms with E-state index < -0.39 is 0 Å². The van der Waals surface area contributed by atoms with Crippen LogP contribution in [0, 0.1) is 0 Å². The van der Waals surface area contributed by atoms with E-state index in [1.807, 2.05) is 7.05 Å². The summed E-state index contributed by atoms with van der Waals surface area (Å²) in [6.07, 6.45) is 6.15. The molecule has 0 fully saturated rings. The van der Waals surface area contributed by atoms with Gasteiger partial charge in [-0.1, -0.05) is 20.4 Å². The molecule has 0 radical (unpaired) electrons. The van der Waals surface area contributed by atoms with Gasteiger partial charge in [0.2, 0.25) is 0 Å². The Morgan fingerprint density at radius 3 is 2.41 bits per heavy atom. The zero-order valence-electron chi connectivity index (χ0n) is 14.2. The number of aliphatic imine (C=N–C) groups is 1. The van der Waals surface area contributed by atoms with E-state index >= 15 is 0 Å². The van der Waals surface area contributed by atoms with Crippen LogP contribution in [0.4, 0.5) is 0 Å². The van der Waals surface area contributed by atoms with Crippen LogP contribution in [0.15, 0.2) is 40.3 Å². The maximum atomic E-state index is 5.70. The van der Waals surface area contributed by atoms with E-state index in [1.165, 1.54) is 12.8 Å². The molecule has 0 amide bonds. The van der Waals surface area contributed by atoms with Crippen molar-refractivity contribution in [2.75, 3.05) is 32.6 Å². The number of nitrogens with two attached hydrogens (primary N) is 1. The molecule has 0 saturated heterocycles. The largest absolute Gasteiger partial charge is 0.398 e. The number of hydrogen-bond donors (Lipinski definition) is 3. The number of hydrogen-bond acceptors (Lipinski definition) is 6. The van der Waals surface area contributed by atoms with Gasteiger partial charge in [-0.3, -0.25) is 9.89 Å². The van der Waals surface area contributed by atoms with E-state index in [9.17, 15) is 0 Å². The fourth-order valence-corrected chi connectivity index (χ4v) is 2.61. The summed E-state index contributed by atoms with van der Waals surface area (Å²) in [7, 11) is 1.91. The van der Waals surface area contributed by atoms with Gasteiger partial charge in [-0.2, -0.15) is 0 Å². The molecule has 0 spiro atoms. The Morgan fingerprint density at radius 1 is 1.32 bits per heavy atom. The van der Waals surface area contributed by atoms with Crippen molar-refractivity contribution >= 4 is 18.5 Å². The molecule has 0 heterocycles. The van der Waals surface area contributed by atoms with Gasteiger partial charge in [0, 0.05) is 30.4 Å². The zero-order valence-corrected chi connectivity index (χ0v) is 15.0. The molecule has 0 aliphatic rings. The molecular weight excluding hydrogens is 294 g/mol. The summed E-state index contributed by atoms with van der Waals surface area (Å²) >= 11 is 1.55. The number of rotatable bonds is 13. The van der Waals surface area contributed by atoms with Crippen molar-refractivity contribution < 1.29 is 0 Å². The van der Waals surface area contributed by atoms with Gasteiger partial charge in [0.1, 0.15) is 0 Å². The molecule has 0 unspecified atom stereocenters. The van der Waals surface area contributed by atoms with Gasteiger partial charge in [0.05, 0.1) is 11.7 Å². The molecule has 5 nitrogen and oxygen atoms in total. The molecular formula is C16H31N5S. The fraction of sp³-hybridized carbons (Fsp3) is 0.562. The van der Waals surface area contributed by atoms with Crippen LogP contribution >= 0.6 is 11.8 Å². The second-order valence-electron chi connectivity index (χ2n) is 4.84. The van der Waals surface area contributed by atoms with Crippen LogP contribution in [0.1, 0.15) is 26.7 Å². The molecule has 0 saturated carbocycles. The molecule has 0 aromatic carbocycles. The first-order valence-corrected chi connectivity index (χ1v) is 8.65. The molecule has 126 valence electrons. The number of nitrogens with one attached hydrogen (secondary N) is 2. The van der Waals surface area contributed by atoms with Gasteiger partial charge in [-0.15, -0.1) is 11.8 Å². The summed E-state index contributed by atoms with van der Waals surface area (Å²) in [5, 5.41) is 6.52. The summed E-state index contributed by atoms with van der Waals surface area (Å²) in [6.45, 7) is 14.8. The average Bonchev–Trinajstić information content (AvgIpc) is 2.49. The van der Waals surface area contributed by atoms with Crippen molar-refractivity contribution in [1.82, 2.24) is 15.5 Å². The van der Waals surface area contributed by atoms with Gasteiger partial charge < -0.3 is 16.4 Å². The number of thioether (sulfide) groups is 1. The SMILES string of the molecule is C=N/C=C(\SCN/C(=C/CN(CCC)CCC)NC)C(=C)N. The molecule has 0 aromatic heterocycles. The molecule has 0 aromatic rings. The Bertz CT molecular complexity index is 384. The Balaban J connectivity index is 4.40. The van der Waals surface area contributed by atoms with Crippen LogP contribution in [-0.4, -0.2) is 44.2 Å². The lowest BCUT2D eigenvalue weighted by Crippen LogP contribution is -2.29.